The van der Waals surface area contributed by atoms with Crippen molar-refractivity contribution in [3.8, 4) is 0 Å². The summed E-state index contributed by atoms with van der Waals surface area (Å²) in [5.74, 6) is 0. The first-order valence-electron chi connectivity index (χ1n) is 3.68. The molecule has 70 valence electrons. The lowest BCUT2D eigenvalue weighted by Gasteiger charge is -2.27. The molecule has 0 saturated carbocycles. The first-order chi connectivity index (χ1) is 5.06. The number of rotatable bonds is 6. The van der Waals surface area contributed by atoms with Crippen LogP contribution in [-0.4, -0.2) is 35.5 Å². The molecule has 0 bridgehead atoms. The van der Waals surface area contributed by atoms with E-state index in [-0.39, 0.29) is 0 Å². The van der Waals surface area contributed by atoms with Crippen LogP contribution in [0.1, 0.15) is 12.8 Å². The second-order valence-corrected chi connectivity index (χ2v) is 4.49. The predicted molar refractivity (Wildman–Crippen MR) is 49.9 cm³/mol. The summed E-state index contributed by atoms with van der Waals surface area (Å²) >= 11 is 0. The third-order valence-electron chi connectivity index (χ3n) is 1.23. The molecule has 11 heavy (non-hydrogen) atoms. The number of hydrogen-bond acceptors (Lipinski definition) is 4. The van der Waals surface area contributed by atoms with Crippen LogP contribution in [0.4, 0.5) is 0 Å². The van der Waals surface area contributed by atoms with E-state index in [1.807, 2.05) is 7.05 Å². The molecule has 0 aliphatic rings. The minimum absolute atomic E-state index is 0.667. The maximum Gasteiger partial charge on any atom is 0.0416 e. The van der Waals surface area contributed by atoms with E-state index in [4.69, 9.17) is 9.11 Å². The SMILES string of the molecule is CNCCCCNS(C)(O)O. The highest BCUT2D eigenvalue weighted by Gasteiger charge is 1.99. The molecule has 0 aromatic carbocycles. The Morgan fingerprint density at radius 1 is 1.18 bits per heavy atom. The van der Waals surface area contributed by atoms with Gasteiger partial charge in [-0.3, -0.25) is 9.11 Å². The Bertz CT molecular complexity index is 95.1. The fraction of sp³-hybridized carbons (Fsp3) is 1.00. The van der Waals surface area contributed by atoms with Gasteiger partial charge in [0.15, 0.2) is 0 Å². The molecule has 4 N–H and O–H groups in total. The smallest absolute Gasteiger partial charge is 0.0416 e. The largest absolute Gasteiger partial charge is 0.320 e. The van der Waals surface area contributed by atoms with Gasteiger partial charge >= 0.3 is 0 Å². The van der Waals surface area contributed by atoms with Crippen LogP contribution in [0, 0.1) is 0 Å². The third-order valence-corrected chi connectivity index (χ3v) is 1.98. The summed E-state index contributed by atoms with van der Waals surface area (Å²) in [6.45, 7) is 1.64. The maximum absolute atomic E-state index is 8.89. The van der Waals surface area contributed by atoms with Gasteiger partial charge < -0.3 is 5.32 Å². The van der Waals surface area contributed by atoms with E-state index in [0.717, 1.165) is 19.4 Å². The third kappa shape index (κ3) is 10.2. The van der Waals surface area contributed by atoms with Gasteiger partial charge in [-0.2, -0.15) is 0 Å². The first kappa shape index (κ1) is 11.2. The second-order valence-electron chi connectivity index (χ2n) is 2.54. The molecule has 0 atom stereocenters. The van der Waals surface area contributed by atoms with E-state index in [2.05, 4.69) is 10.0 Å². The van der Waals surface area contributed by atoms with Crippen LogP contribution in [0.3, 0.4) is 0 Å². The monoisotopic (exact) mass is 182 g/mol. The molecule has 0 aromatic rings. The molecule has 0 spiro atoms. The zero-order chi connectivity index (χ0) is 8.74. The molecule has 0 amide bonds. The Hall–Kier alpha value is 0.190. The predicted octanol–water partition coefficient (Wildman–Crippen LogP) is 0.871. The average molecular weight is 182 g/mol. The second kappa shape index (κ2) is 5.79. The highest BCUT2D eigenvalue weighted by Crippen LogP contribution is 2.26. The lowest BCUT2D eigenvalue weighted by molar-refractivity contribution is 0.475. The molecule has 0 radical (unpaired) electrons. The highest BCUT2D eigenvalue weighted by molar-refractivity contribution is 8.22. The van der Waals surface area contributed by atoms with Gasteiger partial charge in [0.2, 0.25) is 0 Å². The van der Waals surface area contributed by atoms with Crippen LogP contribution >= 0.6 is 10.8 Å². The van der Waals surface area contributed by atoms with Crippen molar-refractivity contribution in [1.29, 1.82) is 0 Å². The van der Waals surface area contributed by atoms with Crippen molar-refractivity contribution in [1.82, 2.24) is 10.0 Å². The van der Waals surface area contributed by atoms with E-state index < -0.39 is 10.8 Å². The van der Waals surface area contributed by atoms with Crippen molar-refractivity contribution in [3.63, 3.8) is 0 Å². The van der Waals surface area contributed by atoms with Crippen LogP contribution in [0.15, 0.2) is 0 Å². The van der Waals surface area contributed by atoms with E-state index in [9.17, 15) is 0 Å². The first-order valence-corrected chi connectivity index (χ1v) is 5.64. The molecule has 5 heteroatoms. The van der Waals surface area contributed by atoms with Gasteiger partial charge in [-0.05, 0) is 26.4 Å². The minimum atomic E-state index is -2.48. The van der Waals surface area contributed by atoms with Crippen molar-refractivity contribution in [2.45, 2.75) is 12.8 Å². The topological polar surface area (TPSA) is 64.5 Å². The quantitative estimate of drug-likeness (QED) is 0.460. The Morgan fingerprint density at radius 3 is 2.18 bits per heavy atom. The van der Waals surface area contributed by atoms with Gasteiger partial charge in [-0.1, -0.05) is 0 Å². The van der Waals surface area contributed by atoms with Crippen LogP contribution in [0.5, 0.6) is 0 Å². The van der Waals surface area contributed by atoms with E-state index in [0.29, 0.717) is 6.54 Å². The van der Waals surface area contributed by atoms with Gasteiger partial charge in [0.1, 0.15) is 0 Å². The molecule has 0 heterocycles. The fourth-order valence-electron chi connectivity index (χ4n) is 0.692. The summed E-state index contributed by atoms with van der Waals surface area (Å²) in [6.07, 6.45) is 3.41. The van der Waals surface area contributed by atoms with Gasteiger partial charge in [0, 0.05) is 12.8 Å². The summed E-state index contributed by atoms with van der Waals surface area (Å²) in [5.41, 5.74) is 0. The Morgan fingerprint density at radius 2 is 1.73 bits per heavy atom. The molecular formula is C6H18N2O2S. The molecule has 0 aromatic heterocycles. The summed E-state index contributed by atoms with van der Waals surface area (Å²) in [7, 11) is -0.578. The fourth-order valence-corrected chi connectivity index (χ4v) is 1.22. The lowest BCUT2D eigenvalue weighted by atomic mass is 10.3. The van der Waals surface area contributed by atoms with Crippen molar-refractivity contribution in [3.05, 3.63) is 0 Å². The lowest BCUT2D eigenvalue weighted by Crippen LogP contribution is -2.20. The molecule has 0 unspecified atom stereocenters. The normalized spacial score (nSPS) is 13.5. The standard InChI is InChI=1S/C6H18N2O2S/c1-7-5-3-4-6-8-11(2,9)10/h7-10H,3-6H2,1-2H3. The van der Waals surface area contributed by atoms with Crippen LogP contribution in [-0.2, 0) is 0 Å². The summed E-state index contributed by atoms with van der Waals surface area (Å²) in [5, 5.41) is 3.02. The van der Waals surface area contributed by atoms with Crippen molar-refractivity contribution in [2.75, 3.05) is 26.4 Å². The molecular weight excluding hydrogens is 164 g/mol. The summed E-state index contributed by atoms with van der Waals surface area (Å²) in [6, 6.07) is 0. The zero-order valence-corrected chi connectivity index (χ0v) is 7.95. The molecule has 0 rings (SSSR count). The van der Waals surface area contributed by atoms with Gasteiger partial charge in [0.25, 0.3) is 0 Å². The van der Waals surface area contributed by atoms with E-state index in [1.165, 1.54) is 6.26 Å². The number of unbranched alkanes of at least 4 members (excludes halogenated alkanes) is 1. The summed E-state index contributed by atoms with van der Waals surface area (Å²) in [4.78, 5) is 0. The number of hydrogen-bond donors (Lipinski definition) is 4. The van der Waals surface area contributed by atoms with Crippen molar-refractivity contribution in [2.24, 2.45) is 0 Å². The van der Waals surface area contributed by atoms with Crippen LogP contribution in [0.2, 0.25) is 0 Å². The van der Waals surface area contributed by atoms with Gasteiger partial charge in [-0.25, -0.2) is 4.72 Å². The van der Waals surface area contributed by atoms with Crippen molar-refractivity contribution >= 4 is 10.8 Å². The molecule has 0 saturated heterocycles. The maximum atomic E-state index is 8.89. The van der Waals surface area contributed by atoms with Gasteiger partial charge in [-0.15, -0.1) is 10.8 Å². The minimum Gasteiger partial charge on any atom is -0.320 e. The van der Waals surface area contributed by atoms with E-state index >= 15 is 0 Å². The summed E-state index contributed by atoms with van der Waals surface area (Å²) < 4.78 is 20.4. The Labute approximate surface area is 69.9 Å². The number of nitrogens with one attached hydrogen (secondary N) is 2. The van der Waals surface area contributed by atoms with Gasteiger partial charge in [0.05, 0.1) is 0 Å². The molecule has 0 fully saturated rings. The highest BCUT2D eigenvalue weighted by atomic mass is 32.3. The van der Waals surface area contributed by atoms with Crippen LogP contribution < -0.4 is 10.0 Å². The Kier molecular flexibility index (Phi) is 5.89. The molecule has 0 aliphatic carbocycles. The Balaban J connectivity index is 3.02. The van der Waals surface area contributed by atoms with E-state index in [1.54, 1.807) is 0 Å². The zero-order valence-electron chi connectivity index (χ0n) is 7.13. The molecule has 0 aliphatic heterocycles. The van der Waals surface area contributed by atoms with Crippen LogP contribution in [0.25, 0.3) is 0 Å². The van der Waals surface area contributed by atoms with Crippen molar-refractivity contribution < 1.29 is 9.11 Å². The average Bonchev–Trinajstić information content (AvgIpc) is 1.85. The molecule has 4 nitrogen and oxygen atoms in total.